The summed E-state index contributed by atoms with van der Waals surface area (Å²) < 4.78 is 0. The molecule has 5 nitrogen and oxygen atoms in total. The third-order valence-corrected chi connectivity index (χ3v) is 2.31. The van der Waals surface area contributed by atoms with E-state index in [1.165, 1.54) is 6.08 Å². The molecule has 0 bridgehead atoms. The molecule has 0 aromatic heterocycles. The Morgan fingerprint density at radius 2 is 1.83 bits per heavy atom. The van der Waals surface area contributed by atoms with Gasteiger partial charge in [0.1, 0.15) is 0 Å². The van der Waals surface area contributed by atoms with Crippen LogP contribution >= 0.6 is 12.4 Å². The fourth-order valence-corrected chi connectivity index (χ4v) is 1.22. The van der Waals surface area contributed by atoms with Crippen LogP contribution in [0.15, 0.2) is 25.3 Å². The summed E-state index contributed by atoms with van der Waals surface area (Å²) >= 11 is 0. The maximum absolute atomic E-state index is 11.5. The molecule has 104 valence electrons. The van der Waals surface area contributed by atoms with Crippen LogP contribution in [0.4, 0.5) is 0 Å². The van der Waals surface area contributed by atoms with Gasteiger partial charge in [-0.2, -0.15) is 0 Å². The predicted octanol–water partition coefficient (Wildman–Crippen LogP) is 1.24. The highest BCUT2D eigenvalue weighted by atomic mass is 35.5. The van der Waals surface area contributed by atoms with E-state index in [9.17, 15) is 9.59 Å². The summed E-state index contributed by atoms with van der Waals surface area (Å²) in [5.74, 6) is -1.04. The molecule has 0 aliphatic carbocycles. The van der Waals surface area contributed by atoms with Gasteiger partial charge in [0.25, 0.3) is 0 Å². The van der Waals surface area contributed by atoms with E-state index < -0.39 is 5.97 Å². The van der Waals surface area contributed by atoms with Crippen molar-refractivity contribution >= 4 is 24.3 Å². The average molecular weight is 277 g/mol. The first-order chi connectivity index (χ1) is 7.99. The average Bonchev–Trinajstić information content (AvgIpc) is 2.30. The van der Waals surface area contributed by atoms with Crippen molar-refractivity contribution in [3.8, 4) is 0 Å². The Labute approximate surface area is 114 Å². The molecule has 0 aromatic carbocycles. The predicted molar refractivity (Wildman–Crippen MR) is 73.7 cm³/mol. The molecule has 0 radical (unpaired) electrons. The number of halogens is 1. The quantitative estimate of drug-likeness (QED) is 0.553. The zero-order valence-corrected chi connectivity index (χ0v) is 11.1. The molecule has 2 unspecified atom stereocenters. The second kappa shape index (κ2) is 10.8. The number of carbonyl (C=O) groups excluding carboxylic acids is 1. The SMILES string of the molecule is C=CC(N)CCC(=O)NC(C=C)CCC(=O)O.Cl. The molecule has 18 heavy (non-hydrogen) atoms. The molecule has 0 aliphatic heterocycles. The van der Waals surface area contributed by atoms with Crippen LogP contribution in [0.3, 0.4) is 0 Å². The maximum Gasteiger partial charge on any atom is 0.303 e. The van der Waals surface area contributed by atoms with Gasteiger partial charge in [-0.3, -0.25) is 9.59 Å². The van der Waals surface area contributed by atoms with Gasteiger partial charge in [0.05, 0.1) is 0 Å². The minimum absolute atomic E-state index is 0. The molecule has 0 fully saturated rings. The van der Waals surface area contributed by atoms with E-state index in [-0.39, 0.29) is 36.8 Å². The van der Waals surface area contributed by atoms with Crippen LogP contribution in [-0.4, -0.2) is 29.1 Å². The first kappa shape index (κ1) is 19.0. The Bertz CT molecular complexity index is 295. The summed E-state index contributed by atoms with van der Waals surface area (Å²) in [6.07, 6.45) is 4.29. The summed E-state index contributed by atoms with van der Waals surface area (Å²) in [6.45, 7) is 7.08. The molecule has 0 rings (SSSR count). The zero-order chi connectivity index (χ0) is 13.3. The van der Waals surface area contributed by atoms with Gasteiger partial charge in [-0.1, -0.05) is 12.2 Å². The lowest BCUT2D eigenvalue weighted by molar-refractivity contribution is -0.137. The summed E-state index contributed by atoms with van der Waals surface area (Å²) in [6, 6.07) is -0.500. The molecule has 2 atom stereocenters. The highest BCUT2D eigenvalue weighted by Crippen LogP contribution is 2.01. The van der Waals surface area contributed by atoms with Gasteiger partial charge in [0.15, 0.2) is 0 Å². The number of amides is 1. The van der Waals surface area contributed by atoms with Crippen LogP contribution in [0.5, 0.6) is 0 Å². The fraction of sp³-hybridized carbons (Fsp3) is 0.500. The molecule has 0 aromatic rings. The fourth-order valence-electron chi connectivity index (χ4n) is 1.22. The number of carboxylic acids is 1. The monoisotopic (exact) mass is 276 g/mol. The van der Waals surface area contributed by atoms with Crippen molar-refractivity contribution in [1.29, 1.82) is 0 Å². The Hall–Kier alpha value is -1.33. The van der Waals surface area contributed by atoms with E-state index in [1.807, 2.05) is 0 Å². The third kappa shape index (κ3) is 9.86. The minimum atomic E-state index is -0.889. The molecule has 4 N–H and O–H groups in total. The van der Waals surface area contributed by atoms with Gasteiger partial charge in [0, 0.05) is 24.9 Å². The van der Waals surface area contributed by atoms with E-state index in [1.54, 1.807) is 6.08 Å². The van der Waals surface area contributed by atoms with Gasteiger partial charge in [-0.15, -0.1) is 25.6 Å². The van der Waals surface area contributed by atoms with Crippen molar-refractivity contribution in [2.75, 3.05) is 0 Å². The number of aliphatic carboxylic acids is 1. The topological polar surface area (TPSA) is 92.4 Å². The van der Waals surface area contributed by atoms with E-state index in [2.05, 4.69) is 18.5 Å². The van der Waals surface area contributed by atoms with Crippen LogP contribution < -0.4 is 11.1 Å². The largest absolute Gasteiger partial charge is 0.481 e. The third-order valence-electron chi connectivity index (χ3n) is 2.31. The highest BCUT2D eigenvalue weighted by molar-refractivity contribution is 5.85. The number of nitrogens with one attached hydrogen (secondary N) is 1. The second-order valence-corrected chi connectivity index (χ2v) is 3.78. The van der Waals surface area contributed by atoms with E-state index in [4.69, 9.17) is 10.8 Å². The van der Waals surface area contributed by atoms with E-state index in [0.717, 1.165) is 0 Å². The Morgan fingerprint density at radius 3 is 2.28 bits per heavy atom. The summed E-state index contributed by atoms with van der Waals surface area (Å²) in [5, 5.41) is 11.2. The maximum atomic E-state index is 11.5. The molecule has 0 saturated carbocycles. The van der Waals surface area contributed by atoms with E-state index >= 15 is 0 Å². The lowest BCUT2D eigenvalue weighted by Crippen LogP contribution is -2.34. The Morgan fingerprint density at radius 1 is 1.22 bits per heavy atom. The van der Waals surface area contributed by atoms with Gasteiger partial charge in [-0.05, 0) is 12.8 Å². The van der Waals surface area contributed by atoms with Crippen LogP contribution in [0.25, 0.3) is 0 Å². The van der Waals surface area contributed by atoms with Crippen LogP contribution in [0.1, 0.15) is 25.7 Å². The minimum Gasteiger partial charge on any atom is -0.481 e. The van der Waals surface area contributed by atoms with Crippen molar-refractivity contribution in [1.82, 2.24) is 5.32 Å². The van der Waals surface area contributed by atoms with Crippen molar-refractivity contribution in [2.24, 2.45) is 5.73 Å². The Balaban J connectivity index is 0. The smallest absolute Gasteiger partial charge is 0.303 e. The molecular formula is C12H21ClN2O3. The van der Waals surface area contributed by atoms with Crippen molar-refractivity contribution in [3.63, 3.8) is 0 Å². The number of rotatable bonds is 9. The first-order valence-electron chi connectivity index (χ1n) is 5.51. The van der Waals surface area contributed by atoms with Crippen molar-refractivity contribution in [2.45, 2.75) is 37.8 Å². The van der Waals surface area contributed by atoms with Crippen LogP contribution in [0.2, 0.25) is 0 Å². The second-order valence-electron chi connectivity index (χ2n) is 3.78. The Kier molecular flexibility index (Phi) is 11.4. The summed E-state index contributed by atoms with van der Waals surface area (Å²) in [7, 11) is 0. The standard InChI is InChI=1S/C12H20N2O3.ClH/c1-3-9(13)5-7-11(15)14-10(4-2)6-8-12(16)17;/h3-4,9-10H,1-2,5-8,13H2,(H,14,15)(H,16,17);1H. The zero-order valence-electron chi connectivity index (χ0n) is 10.3. The number of hydrogen-bond donors (Lipinski definition) is 3. The lowest BCUT2D eigenvalue weighted by atomic mass is 10.1. The first-order valence-corrected chi connectivity index (χ1v) is 5.51. The lowest BCUT2D eigenvalue weighted by Gasteiger charge is -2.14. The molecule has 0 saturated heterocycles. The number of nitrogens with two attached hydrogens (primary N) is 1. The van der Waals surface area contributed by atoms with Crippen LogP contribution in [-0.2, 0) is 9.59 Å². The van der Waals surface area contributed by atoms with Crippen molar-refractivity contribution < 1.29 is 14.7 Å². The highest BCUT2D eigenvalue weighted by Gasteiger charge is 2.11. The van der Waals surface area contributed by atoms with Gasteiger partial charge >= 0.3 is 5.97 Å². The number of carbonyl (C=O) groups is 2. The molecular weight excluding hydrogens is 256 g/mol. The van der Waals surface area contributed by atoms with Crippen LogP contribution in [0, 0.1) is 0 Å². The molecule has 0 spiro atoms. The molecule has 0 heterocycles. The number of hydrogen-bond acceptors (Lipinski definition) is 3. The molecule has 0 aliphatic rings. The van der Waals surface area contributed by atoms with Gasteiger partial charge in [-0.25, -0.2) is 0 Å². The molecule has 1 amide bonds. The normalized spacial score (nSPS) is 12.7. The van der Waals surface area contributed by atoms with Gasteiger partial charge < -0.3 is 16.2 Å². The number of carboxylic acid groups (broad SMARTS) is 1. The molecule has 6 heteroatoms. The summed E-state index contributed by atoms with van der Waals surface area (Å²) in [4.78, 5) is 21.9. The van der Waals surface area contributed by atoms with E-state index in [0.29, 0.717) is 19.3 Å². The van der Waals surface area contributed by atoms with Gasteiger partial charge in [0.2, 0.25) is 5.91 Å². The summed E-state index contributed by atoms with van der Waals surface area (Å²) in [5.41, 5.74) is 5.59. The van der Waals surface area contributed by atoms with Crippen molar-refractivity contribution in [3.05, 3.63) is 25.3 Å².